The average Bonchev–Trinajstić information content (AvgIpc) is 2.22. The smallest absolute Gasteiger partial charge is 0.275 e. The summed E-state index contributed by atoms with van der Waals surface area (Å²) in [7, 11) is 3.84. The summed E-state index contributed by atoms with van der Waals surface area (Å²) in [6.07, 6.45) is 0. The number of nitrogens with one attached hydrogen (secondary N) is 3. The van der Waals surface area contributed by atoms with Crippen molar-refractivity contribution in [1.82, 2.24) is 5.32 Å². The summed E-state index contributed by atoms with van der Waals surface area (Å²) < 4.78 is 4.87. The summed E-state index contributed by atoms with van der Waals surface area (Å²) in [5.74, 6) is 0.140. The number of ether oxygens (including phenoxy) is 1. The van der Waals surface area contributed by atoms with Crippen LogP contribution in [0.5, 0.6) is 0 Å². The van der Waals surface area contributed by atoms with E-state index in [-0.39, 0.29) is 5.91 Å². The second-order valence-corrected chi connectivity index (χ2v) is 4.23. The van der Waals surface area contributed by atoms with Crippen molar-refractivity contribution in [3.05, 3.63) is 0 Å². The lowest BCUT2D eigenvalue weighted by atomic mass is 10.3. The SMILES string of the molecule is COCCNC(=O)C[NH+]1CC[NH+](C)CC1. The molecule has 1 saturated heterocycles. The fourth-order valence-corrected chi connectivity index (χ4v) is 1.79. The molecule has 0 radical (unpaired) electrons. The lowest BCUT2D eigenvalue weighted by Gasteiger charge is -2.26. The van der Waals surface area contributed by atoms with Crippen LogP contribution in [0.2, 0.25) is 0 Å². The van der Waals surface area contributed by atoms with Crippen LogP contribution >= 0.6 is 0 Å². The Labute approximate surface area is 91.4 Å². The Hall–Kier alpha value is -0.650. The van der Waals surface area contributed by atoms with Gasteiger partial charge >= 0.3 is 0 Å². The Morgan fingerprint density at radius 2 is 2.00 bits per heavy atom. The first-order valence-corrected chi connectivity index (χ1v) is 5.63. The van der Waals surface area contributed by atoms with Crippen LogP contribution in [0.4, 0.5) is 0 Å². The van der Waals surface area contributed by atoms with Gasteiger partial charge in [-0.2, -0.15) is 0 Å². The maximum Gasteiger partial charge on any atom is 0.275 e. The van der Waals surface area contributed by atoms with E-state index >= 15 is 0 Å². The van der Waals surface area contributed by atoms with E-state index in [0.29, 0.717) is 19.7 Å². The number of amides is 1. The van der Waals surface area contributed by atoms with Crippen molar-refractivity contribution >= 4 is 5.91 Å². The second-order valence-electron chi connectivity index (χ2n) is 4.23. The molecule has 1 aliphatic heterocycles. The van der Waals surface area contributed by atoms with Gasteiger partial charge in [0, 0.05) is 13.7 Å². The van der Waals surface area contributed by atoms with Crippen LogP contribution in [-0.2, 0) is 9.53 Å². The average molecular weight is 217 g/mol. The van der Waals surface area contributed by atoms with E-state index in [1.54, 1.807) is 12.0 Å². The Morgan fingerprint density at radius 1 is 1.33 bits per heavy atom. The molecular formula is C10H23N3O2+2. The first-order valence-electron chi connectivity index (χ1n) is 5.63. The first-order chi connectivity index (χ1) is 7.22. The van der Waals surface area contributed by atoms with Crippen molar-refractivity contribution in [3.8, 4) is 0 Å². The zero-order valence-electron chi connectivity index (χ0n) is 9.77. The zero-order chi connectivity index (χ0) is 11.1. The van der Waals surface area contributed by atoms with Crippen molar-refractivity contribution in [2.24, 2.45) is 0 Å². The molecule has 0 unspecified atom stereocenters. The molecule has 5 nitrogen and oxygen atoms in total. The number of methoxy groups -OCH3 is 1. The van der Waals surface area contributed by atoms with Gasteiger partial charge in [-0.05, 0) is 0 Å². The lowest BCUT2D eigenvalue weighted by molar-refractivity contribution is -1.000. The second kappa shape index (κ2) is 6.76. The number of hydrogen-bond donors (Lipinski definition) is 3. The van der Waals surface area contributed by atoms with Crippen LogP contribution in [-0.4, -0.2) is 65.9 Å². The van der Waals surface area contributed by atoms with E-state index < -0.39 is 0 Å². The van der Waals surface area contributed by atoms with Gasteiger partial charge in [-0.25, -0.2) is 0 Å². The van der Waals surface area contributed by atoms with Crippen molar-refractivity contribution < 1.29 is 19.3 Å². The maximum absolute atomic E-state index is 11.5. The molecule has 1 rings (SSSR count). The zero-order valence-corrected chi connectivity index (χ0v) is 9.77. The monoisotopic (exact) mass is 217 g/mol. The molecule has 0 atom stereocenters. The standard InChI is InChI=1S/C10H21N3O2/c1-12-4-6-13(7-5-12)9-10(14)11-3-8-15-2/h3-9H2,1-2H3,(H,11,14)/p+2. The number of likely N-dealkylation sites (N-methyl/N-ethyl adjacent to an activating group) is 1. The normalized spacial score (nSPS) is 26.3. The third kappa shape index (κ3) is 5.11. The van der Waals surface area contributed by atoms with Crippen molar-refractivity contribution in [3.63, 3.8) is 0 Å². The van der Waals surface area contributed by atoms with E-state index in [4.69, 9.17) is 4.74 Å². The van der Waals surface area contributed by atoms with Crippen molar-refractivity contribution in [1.29, 1.82) is 0 Å². The van der Waals surface area contributed by atoms with Crippen LogP contribution < -0.4 is 15.1 Å². The summed E-state index contributed by atoms with van der Waals surface area (Å²) in [5, 5.41) is 2.85. The van der Waals surface area contributed by atoms with Crippen molar-refractivity contribution in [2.75, 3.05) is 60.0 Å². The van der Waals surface area contributed by atoms with Gasteiger partial charge in [0.05, 0.1) is 13.7 Å². The minimum absolute atomic E-state index is 0.140. The van der Waals surface area contributed by atoms with Crippen LogP contribution in [0, 0.1) is 0 Å². The minimum atomic E-state index is 0.140. The minimum Gasteiger partial charge on any atom is -0.383 e. The highest BCUT2D eigenvalue weighted by Gasteiger charge is 2.21. The molecule has 0 aromatic heterocycles. The molecule has 0 spiro atoms. The van der Waals surface area contributed by atoms with E-state index in [9.17, 15) is 4.79 Å². The van der Waals surface area contributed by atoms with E-state index in [2.05, 4.69) is 12.4 Å². The molecule has 88 valence electrons. The quantitative estimate of drug-likeness (QED) is 0.413. The van der Waals surface area contributed by atoms with E-state index in [0.717, 1.165) is 13.1 Å². The summed E-state index contributed by atoms with van der Waals surface area (Å²) in [6.45, 7) is 6.35. The Morgan fingerprint density at radius 3 is 2.60 bits per heavy atom. The van der Waals surface area contributed by atoms with Gasteiger partial charge in [-0.3, -0.25) is 4.79 Å². The topological polar surface area (TPSA) is 47.2 Å². The molecule has 1 aliphatic rings. The predicted octanol–water partition coefficient (Wildman–Crippen LogP) is -3.84. The fraction of sp³-hybridized carbons (Fsp3) is 0.900. The van der Waals surface area contributed by atoms with Gasteiger partial charge in [0.25, 0.3) is 5.91 Å². The van der Waals surface area contributed by atoms with Crippen LogP contribution in [0.1, 0.15) is 0 Å². The molecule has 0 saturated carbocycles. The molecule has 0 aliphatic carbocycles. The number of quaternary nitrogens is 2. The predicted molar refractivity (Wildman–Crippen MR) is 57.1 cm³/mol. The number of carbonyl (C=O) groups excluding carboxylic acids is 1. The summed E-state index contributed by atoms with van der Waals surface area (Å²) in [6, 6.07) is 0. The third-order valence-electron chi connectivity index (χ3n) is 2.85. The van der Waals surface area contributed by atoms with Gasteiger partial charge in [0.2, 0.25) is 0 Å². The molecule has 1 heterocycles. The number of hydrogen-bond acceptors (Lipinski definition) is 2. The van der Waals surface area contributed by atoms with Crippen LogP contribution in [0.25, 0.3) is 0 Å². The molecule has 0 bridgehead atoms. The Kier molecular flexibility index (Phi) is 5.60. The Balaban J connectivity index is 2.09. The highest BCUT2D eigenvalue weighted by atomic mass is 16.5. The summed E-state index contributed by atoms with van der Waals surface area (Å²) >= 11 is 0. The number of piperazine rings is 1. The highest BCUT2D eigenvalue weighted by Crippen LogP contribution is 1.66. The van der Waals surface area contributed by atoms with Crippen LogP contribution in [0.3, 0.4) is 0 Å². The van der Waals surface area contributed by atoms with Gasteiger partial charge in [-0.1, -0.05) is 0 Å². The third-order valence-corrected chi connectivity index (χ3v) is 2.85. The number of rotatable bonds is 5. The molecule has 0 aromatic carbocycles. The molecular weight excluding hydrogens is 194 g/mol. The molecule has 1 fully saturated rings. The maximum atomic E-state index is 11.5. The summed E-state index contributed by atoms with van der Waals surface area (Å²) in [4.78, 5) is 14.4. The molecule has 5 heteroatoms. The highest BCUT2D eigenvalue weighted by molar-refractivity contribution is 5.76. The van der Waals surface area contributed by atoms with Gasteiger partial charge in [-0.15, -0.1) is 0 Å². The lowest BCUT2D eigenvalue weighted by Crippen LogP contribution is -3.27. The van der Waals surface area contributed by atoms with E-state index in [1.165, 1.54) is 18.0 Å². The van der Waals surface area contributed by atoms with Crippen molar-refractivity contribution in [2.45, 2.75) is 0 Å². The first kappa shape index (κ1) is 12.4. The largest absolute Gasteiger partial charge is 0.383 e. The molecule has 0 aromatic rings. The fourth-order valence-electron chi connectivity index (χ4n) is 1.79. The van der Waals surface area contributed by atoms with Crippen LogP contribution in [0.15, 0.2) is 0 Å². The van der Waals surface area contributed by atoms with Gasteiger partial charge in [0.15, 0.2) is 6.54 Å². The van der Waals surface area contributed by atoms with E-state index in [1.807, 2.05) is 0 Å². The molecule has 1 amide bonds. The molecule has 3 N–H and O–H groups in total. The Bertz CT molecular complexity index is 191. The number of carbonyl (C=O) groups is 1. The molecule has 15 heavy (non-hydrogen) atoms. The van der Waals surface area contributed by atoms with Gasteiger partial charge in [0.1, 0.15) is 26.2 Å². The van der Waals surface area contributed by atoms with Gasteiger partial charge < -0.3 is 19.9 Å². The summed E-state index contributed by atoms with van der Waals surface area (Å²) in [5.41, 5.74) is 0.